The van der Waals surface area contributed by atoms with Crippen LogP contribution in [0.15, 0.2) is 18.2 Å². The monoisotopic (exact) mass is 274 g/mol. The third-order valence-corrected chi connectivity index (χ3v) is 4.34. The van der Waals surface area contributed by atoms with Crippen molar-refractivity contribution in [2.45, 2.75) is 25.5 Å². The smallest absolute Gasteiger partial charge is 0.273 e. The minimum absolute atomic E-state index is 0.0875. The van der Waals surface area contributed by atoms with Crippen LogP contribution in [-0.2, 0) is 10.0 Å². The van der Waals surface area contributed by atoms with Crippen LogP contribution in [0.4, 0.5) is 11.4 Å². The van der Waals surface area contributed by atoms with Crippen LogP contribution in [0.25, 0.3) is 0 Å². The van der Waals surface area contributed by atoms with E-state index in [-0.39, 0.29) is 11.4 Å². The van der Waals surface area contributed by atoms with Crippen molar-refractivity contribution < 1.29 is 18.4 Å². The van der Waals surface area contributed by atoms with Crippen molar-refractivity contribution in [3.05, 3.63) is 28.3 Å². The number of hydrogen-bond donors (Lipinski definition) is 2. The Morgan fingerprint density at radius 1 is 1.33 bits per heavy atom. The van der Waals surface area contributed by atoms with Gasteiger partial charge in [0, 0.05) is 6.07 Å². The zero-order valence-corrected chi connectivity index (χ0v) is 11.0. The van der Waals surface area contributed by atoms with E-state index in [1.165, 1.54) is 20.8 Å². The Labute approximate surface area is 105 Å². The van der Waals surface area contributed by atoms with Gasteiger partial charge < -0.3 is 5.11 Å². The molecule has 0 aliphatic heterocycles. The van der Waals surface area contributed by atoms with E-state index < -0.39 is 25.4 Å². The average molecular weight is 274 g/mol. The molecule has 0 bridgehead atoms. The van der Waals surface area contributed by atoms with Crippen molar-refractivity contribution in [2.24, 2.45) is 0 Å². The molecule has 0 fully saturated rings. The number of phenolic OH excluding ortho intramolecular Hbond substituents is 1. The highest BCUT2D eigenvalue weighted by atomic mass is 32.2. The number of anilines is 1. The molecule has 18 heavy (non-hydrogen) atoms. The Balaban J connectivity index is 3.11. The Morgan fingerprint density at radius 3 is 2.28 bits per heavy atom. The van der Waals surface area contributed by atoms with Crippen LogP contribution in [0, 0.1) is 10.1 Å². The van der Waals surface area contributed by atoms with E-state index in [1.807, 2.05) is 0 Å². The first-order valence-corrected chi connectivity index (χ1v) is 6.53. The number of phenols is 1. The van der Waals surface area contributed by atoms with Crippen LogP contribution in [-0.4, -0.2) is 23.2 Å². The third-order valence-electron chi connectivity index (χ3n) is 2.24. The average Bonchev–Trinajstić information content (AvgIpc) is 2.18. The number of aromatic hydroxyl groups is 1. The third kappa shape index (κ3) is 2.89. The zero-order chi connectivity index (χ0) is 14.1. The molecule has 7 nitrogen and oxygen atoms in total. The number of nitrogens with one attached hydrogen (secondary N) is 1. The number of rotatable bonds is 3. The molecule has 1 aromatic carbocycles. The van der Waals surface area contributed by atoms with Crippen molar-refractivity contribution in [1.82, 2.24) is 0 Å². The number of non-ortho nitro benzene ring substituents is 1. The van der Waals surface area contributed by atoms with Gasteiger partial charge in [0.15, 0.2) is 0 Å². The fraction of sp³-hybridized carbons (Fsp3) is 0.400. The zero-order valence-electron chi connectivity index (χ0n) is 10.2. The Bertz CT molecular complexity index is 574. The lowest BCUT2D eigenvalue weighted by Gasteiger charge is -2.20. The molecule has 1 rings (SSSR count). The second-order valence-corrected chi connectivity index (χ2v) is 7.11. The lowest BCUT2D eigenvalue weighted by atomic mass is 10.2. The van der Waals surface area contributed by atoms with Crippen molar-refractivity contribution in [1.29, 1.82) is 0 Å². The van der Waals surface area contributed by atoms with Gasteiger partial charge >= 0.3 is 0 Å². The van der Waals surface area contributed by atoms with E-state index in [9.17, 15) is 23.6 Å². The molecule has 0 radical (unpaired) electrons. The van der Waals surface area contributed by atoms with Crippen LogP contribution < -0.4 is 4.72 Å². The number of sulfonamides is 1. The van der Waals surface area contributed by atoms with Gasteiger partial charge in [0.25, 0.3) is 5.69 Å². The fourth-order valence-electron chi connectivity index (χ4n) is 1.02. The predicted molar refractivity (Wildman–Crippen MR) is 67.1 cm³/mol. The second kappa shape index (κ2) is 4.45. The number of benzene rings is 1. The van der Waals surface area contributed by atoms with Crippen LogP contribution in [0.1, 0.15) is 20.8 Å². The van der Waals surface area contributed by atoms with Gasteiger partial charge in [-0.15, -0.1) is 0 Å². The molecule has 0 heterocycles. The molecule has 1 aromatic rings. The summed E-state index contributed by atoms with van der Waals surface area (Å²) >= 11 is 0. The summed E-state index contributed by atoms with van der Waals surface area (Å²) < 4.78 is 24.8. The molecule has 0 aromatic heterocycles. The molecular formula is C10H14N2O5S. The van der Waals surface area contributed by atoms with Crippen LogP contribution in [0.3, 0.4) is 0 Å². The second-order valence-electron chi connectivity index (χ2n) is 4.68. The molecule has 0 unspecified atom stereocenters. The van der Waals surface area contributed by atoms with Gasteiger partial charge in [0.05, 0.1) is 21.4 Å². The summed E-state index contributed by atoms with van der Waals surface area (Å²) in [7, 11) is -3.69. The molecule has 0 aliphatic carbocycles. The Hall–Kier alpha value is -1.83. The highest BCUT2D eigenvalue weighted by Crippen LogP contribution is 2.30. The summed E-state index contributed by atoms with van der Waals surface area (Å²) in [5, 5.41) is 20.0. The summed E-state index contributed by atoms with van der Waals surface area (Å²) in [6, 6.07) is 3.15. The number of nitro groups is 1. The Morgan fingerprint density at radius 2 is 1.89 bits per heavy atom. The van der Waals surface area contributed by atoms with E-state index in [4.69, 9.17) is 0 Å². The molecule has 0 aliphatic rings. The molecule has 0 amide bonds. The molecular weight excluding hydrogens is 260 g/mol. The standard InChI is InChI=1S/C10H14N2O5S/c1-10(2,3)18(16,17)11-8-5-4-7(12(14)15)6-9(8)13/h4-6,11,13H,1-3H3. The maximum Gasteiger partial charge on any atom is 0.273 e. The molecule has 0 saturated carbocycles. The van der Waals surface area contributed by atoms with Crippen molar-refractivity contribution in [3.63, 3.8) is 0 Å². The van der Waals surface area contributed by atoms with E-state index in [1.54, 1.807) is 0 Å². The lowest BCUT2D eigenvalue weighted by Crippen LogP contribution is -2.33. The van der Waals surface area contributed by atoms with Gasteiger partial charge in [-0.2, -0.15) is 0 Å². The predicted octanol–water partition coefficient (Wildman–Crippen LogP) is 1.84. The normalized spacial score (nSPS) is 12.2. The minimum Gasteiger partial charge on any atom is -0.505 e. The lowest BCUT2D eigenvalue weighted by molar-refractivity contribution is -0.384. The largest absolute Gasteiger partial charge is 0.505 e. The first kappa shape index (κ1) is 14.2. The van der Waals surface area contributed by atoms with Gasteiger partial charge in [-0.25, -0.2) is 8.42 Å². The van der Waals surface area contributed by atoms with Gasteiger partial charge in [0.2, 0.25) is 10.0 Å². The summed E-state index contributed by atoms with van der Waals surface area (Å²) in [4.78, 5) is 9.79. The summed E-state index contributed by atoms with van der Waals surface area (Å²) in [5.74, 6) is -0.489. The Kier molecular flexibility index (Phi) is 3.52. The maximum atomic E-state index is 11.8. The topological polar surface area (TPSA) is 110 Å². The van der Waals surface area contributed by atoms with Gasteiger partial charge in [0.1, 0.15) is 5.75 Å². The van der Waals surface area contributed by atoms with E-state index >= 15 is 0 Å². The van der Waals surface area contributed by atoms with Crippen molar-refractivity contribution >= 4 is 21.4 Å². The summed E-state index contributed by atoms with van der Waals surface area (Å²) in [6.07, 6.45) is 0. The van der Waals surface area contributed by atoms with E-state index in [2.05, 4.69) is 4.72 Å². The van der Waals surface area contributed by atoms with Crippen molar-refractivity contribution in [2.75, 3.05) is 4.72 Å². The van der Waals surface area contributed by atoms with Crippen LogP contribution >= 0.6 is 0 Å². The van der Waals surface area contributed by atoms with Crippen molar-refractivity contribution in [3.8, 4) is 5.75 Å². The van der Waals surface area contributed by atoms with Gasteiger partial charge in [-0.05, 0) is 26.8 Å². The number of hydrogen-bond acceptors (Lipinski definition) is 5. The summed E-state index contributed by atoms with van der Waals surface area (Å²) in [6.45, 7) is 4.49. The molecule has 100 valence electrons. The molecule has 0 saturated heterocycles. The maximum absolute atomic E-state index is 11.8. The minimum atomic E-state index is -3.69. The number of nitrogens with zero attached hydrogens (tertiary/aromatic N) is 1. The first-order chi connectivity index (χ1) is 8.04. The fourth-order valence-corrected chi connectivity index (χ4v) is 1.79. The SMILES string of the molecule is CC(C)(C)S(=O)(=O)Nc1ccc([N+](=O)[O-])cc1O. The van der Waals surface area contributed by atoms with Gasteiger partial charge in [-0.3, -0.25) is 14.8 Å². The van der Waals surface area contributed by atoms with Crippen LogP contribution in [0.2, 0.25) is 0 Å². The summed E-state index contributed by atoms with van der Waals surface area (Å²) in [5.41, 5.74) is -0.401. The highest BCUT2D eigenvalue weighted by Gasteiger charge is 2.29. The highest BCUT2D eigenvalue weighted by molar-refractivity contribution is 7.94. The van der Waals surface area contributed by atoms with Crippen LogP contribution in [0.5, 0.6) is 5.75 Å². The van der Waals surface area contributed by atoms with E-state index in [0.717, 1.165) is 18.2 Å². The molecule has 8 heteroatoms. The van der Waals surface area contributed by atoms with Gasteiger partial charge in [-0.1, -0.05) is 0 Å². The molecule has 0 spiro atoms. The molecule has 2 N–H and O–H groups in total. The molecule has 0 atom stereocenters. The number of nitro benzene ring substituents is 1. The van der Waals surface area contributed by atoms with E-state index in [0.29, 0.717) is 0 Å². The quantitative estimate of drug-likeness (QED) is 0.496. The first-order valence-electron chi connectivity index (χ1n) is 5.04.